The van der Waals surface area contributed by atoms with Crippen LogP contribution >= 0.6 is 11.8 Å². The maximum Gasteiger partial charge on any atom is 0.337 e. The van der Waals surface area contributed by atoms with Crippen LogP contribution in [0.1, 0.15) is 16.8 Å². The molecular weight excluding hydrogens is 400 g/mol. The highest BCUT2D eigenvalue weighted by Crippen LogP contribution is 2.38. The van der Waals surface area contributed by atoms with Gasteiger partial charge in [-0.2, -0.15) is 0 Å². The van der Waals surface area contributed by atoms with Crippen molar-refractivity contribution < 1.29 is 34.1 Å². The quantitative estimate of drug-likeness (QED) is 0.612. The van der Waals surface area contributed by atoms with E-state index < -0.39 is 28.3 Å². The molecule has 1 saturated heterocycles. The van der Waals surface area contributed by atoms with Gasteiger partial charge in [0.05, 0.1) is 24.0 Å². The molecule has 0 radical (unpaired) electrons. The van der Waals surface area contributed by atoms with Crippen LogP contribution in [-0.2, 0) is 9.59 Å². The minimum atomic E-state index is -1.33. The summed E-state index contributed by atoms with van der Waals surface area (Å²) in [7, 11) is 1.42. The minimum absolute atomic E-state index is 0.0244. The normalized spacial score (nSPS) is 16.0. The summed E-state index contributed by atoms with van der Waals surface area (Å²) < 4.78 is 5.18. The summed E-state index contributed by atoms with van der Waals surface area (Å²) in [4.78, 5) is 49.7. The molecule has 1 unspecified atom stereocenters. The lowest BCUT2D eigenvalue weighted by Gasteiger charge is -2.17. The van der Waals surface area contributed by atoms with Gasteiger partial charge >= 0.3 is 5.97 Å². The first kappa shape index (κ1) is 20.2. The predicted octanol–water partition coefficient (Wildman–Crippen LogP) is 2.70. The number of anilines is 2. The standard InChI is InChI=1S/C19H16N2O7S/c1-28-14-5-3-2-4-13(14)21-17(24)15(29-19(21)27)9-16(23)20-12-7-6-10(22)8-11(12)18(25)26/h2-8,15,22H,9H2,1H3,(H,20,23)(H,25,26). The number of amides is 3. The topological polar surface area (TPSA) is 133 Å². The van der Waals surface area contributed by atoms with Gasteiger partial charge in [-0.15, -0.1) is 0 Å². The van der Waals surface area contributed by atoms with Crippen molar-refractivity contribution in [3.05, 3.63) is 48.0 Å². The number of phenols is 1. The number of carbonyl (C=O) groups is 4. The highest BCUT2D eigenvalue weighted by Gasteiger charge is 2.42. The van der Waals surface area contributed by atoms with Gasteiger partial charge < -0.3 is 20.3 Å². The second-order valence-corrected chi connectivity index (χ2v) is 7.16. The number of hydrogen-bond donors (Lipinski definition) is 3. The number of hydrogen-bond acceptors (Lipinski definition) is 7. The summed E-state index contributed by atoms with van der Waals surface area (Å²) >= 11 is 0.712. The van der Waals surface area contributed by atoms with Crippen molar-refractivity contribution in [1.82, 2.24) is 0 Å². The maximum absolute atomic E-state index is 12.7. The number of nitrogens with one attached hydrogen (secondary N) is 1. The van der Waals surface area contributed by atoms with Gasteiger partial charge in [0.1, 0.15) is 16.7 Å². The number of aromatic carboxylic acids is 1. The molecule has 1 atom stereocenters. The van der Waals surface area contributed by atoms with E-state index in [4.69, 9.17) is 4.74 Å². The molecule has 3 amide bonds. The fourth-order valence-electron chi connectivity index (χ4n) is 2.81. The van der Waals surface area contributed by atoms with Crippen molar-refractivity contribution in [1.29, 1.82) is 0 Å². The molecule has 0 bridgehead atoms. The van der Waals surface area contributed by atoms with Crippen molar-refractivity contribution in [3.63, 3.8) is 0 Å². The summed E-state index contributed by atoms with van der Waals surface area (Å²) in [6, 6.07) is 9.99. The molecule has 2 aromatic carbocycles. The molecule has 1 aliphatic rings. The summed E-state index contributed by atoms with van der Waals surface area (Å²) in [6.07, 6.45) is -0.333. The number of rotatable bonds is 6. The number of ether oxygens (including phenoxy) is 1. The first-order valence-electron chi connectivity index (χ1n) is 8.35. The fourth-order valence-corrected chi connectivity index (χ4v) is 3.79. The number of phenolic OH excluding ortho intramolecular Hbond substituents is 1. The van der Waals surface area contributed by atoms with Crippen LogP contribution in [0, 0.1) is 0 Å². The van der Waals surface area contributed by atoms with Crippen molar-refractivity contribution >= 4 is 46.2 Å². The third-order valence-corrected chi connectivity index (χ3v) is 5.16. The van der Waals surface area contributed by atoms with E-state index in [1.165, 1.54) is 19.2 Å². The number of benzene rings is 2. The Morgan fingerprint density at radius 1 is 1.21 bits per heavy atom. The second-order valence-electron chi connectivity index (χ2n) is 6.01. The SMILES string of the molecule is COc1ccccc1N1C(=O)SC(CC(=O)Nc2ccc(O)cc2C(=O)O)C1=O. The molecular formula is C19H16N2O7S. The van der Waals surface area contributed by atoms with Crippen LogP contribution in [0.3, 0.4) is 0 Å². The minimum Gasteiger partial charge on any atom is -0.508 e. The van der Waals surface area contributed by atoms with E-state index in [-0.39, 0.29) is 29.1 Å². The molecule has 29 heavy (non-hydrogen) atoms. The second kappa shape index (κ2) is 8.23. The number of nitrogens with zero attached hydrogens (tertiary/aromatic N) is 1. The van der Waals surface area contributed by atoms with Gasteiger partial charge in [0.25, 0.3) is 5.24 Å². The predicted molar refractivity (Wildman–Crippen MR) is 106 cm³/mol. The largest absolute Gasteiger partial charge is 0.508 e. The van der Waals surface area contributed by atoms with E-state index >= 15 is 0 Å². The summed E-state index contributed by atoms with van der Waals surface area (Å²) in [5.41, 5.74) is -0.0359. The lowest BCUT2D eigenvalue weighted by Crippen LogP contribution is -2.33. The van der Waals surface area contributed by atoms with Gasteiger partial charge in [0, 0.05) is 6.42 Å². The van der Waals surface area contributed by atoms with Crippen LogP contribution < -0.4 is 15.0 Å². The Kier molecular flexibility index (Phi) is 5.74. The Morgan fingerprint density at radius 3 is 2.62 bits per heavy atom. The molecule has 0 saturated carbocycles. The Labute approximate surface area is 169 Å². The summed E-state index contributed by atoms with van der Waals surface area (Å²) in [5, 5.41) is 19.5. The number of carbonyl (C=O) groups excluding carboxylic acids is 3. The molecule has 3 rings (SSSR count). The smallest absolute Gasteiger partial charge is 0.337 e. The van der Waals surface area contributed by atoms with Crippen LogP contribution in [0.2, 0.25) is 0 Å². The molecule has 150 valence electrons. The van der Waals surface area contributed by atoms with Crippen LogP contribution in [0.4, 0.5) is 16.2 Å². The van der Waals surface area contributed by atoms with Crippen LogP contribution in [0.15, 0.2) is 42.5 Å². The Morgan fingerprint density at radius 2 is 1.93 bits per heavy atom. The number of aromatic hydroxyl groups is 1. The van der Waals surface area contributed by atoms with Gasteiger partial charge in [-0.25, -0.2) is 9.69 Å². The molecule has 1 fully saturated rings. The third kappa shape index (κ3) is 4.16. The molecule has 3 N–H and O–H groups in total. The lowest BCUT2D eigenvalue weighted by atomic mass is 10.1. The van der Waals surface area contributed by atoms with Crippen molar-refractivity contribution in [2.45, 2.75) is 11.7 Å². The highest BCUT2D eigenvalue weighted by molar-refractivity contribution is 8.15. The zero-order chi connectivity index (χ0) is 21.1. The van der Waals surface area contributed by atoms with Crippen LogP contribution in [0.5, 0.6) is 11.5 Å². The highest BCUT2D eigenvalue weighted by atomic mass is 32.2. The Bertz CT molecular complexity index is 1010. The Balaban J connectivity index is 1.75. The van der Waals surface area contributed by atoms with Gasteiger partial charge in [0.2, 0.25) is 11.8 Å². The molecule has 0 aromatic heterocycles. The van der Waals surface area contributed by atoms with Gasteiger partial charge in [-0.3, -0.25) is 14.4 Å². The number of para-hydroxylation sites is 2. The Hall–Kier alpha value is -3.53. The average molecular weight is 416 g/mol. The number of methoxy groups -OCH3 is 1. The average Bonchev–Trinajstić information content (AvgIpc) is 2.96. The summed E-state index contributed by atoms with van der Waals surface area (Å²) in [6.45, 7) is 0. The van der Waals surface area contributed by atoms with E-state index in [0.717, 1.165) is 11.0 Å². The molecule has 1 aliphatic heterocycles. The van der Waals surface area contributed by atoms with E-state index in [0.29, 0.717) is 17.5 Å². The molecule has 2 aromatic rings. The van der Waals surface area contributed by atoms with E-state index in [1.54, 1.807) is 24.3 Å². The van der Waals surface area contributed by atoms with E-state index in [2.05, 4.69) is 5.32 Å². The van der Waals surface area contributed by atoms with Crippen molar-refractivity contribution in [2.75, 3.05) is 17.3 Å². The summed E-state index contributed by atoms with van der Waals surface area (Å²) in [5.74, 6) is -2.46. The third-order valence-electron chi connectivity index (χ3n) is 4.13. The van der Waals surface area contributed by atoms with Gasteiger partial charge in [0.15, 0.2) is 0 Å². The van der Waals surface area contributed by atoms with Gasteiger partial charge in [-0.1, -0.05) is 12.1 Å². The van der Waals surface area contributed by atoms with Gasteiger partial charge in [-0.05, 0) is 42.1 Å². The first-order valence-corrected chi connectivity index (χ1v) is 9.23. The zero-order valence-electron chi connectivity index (χ0n) is 15.1. The zero-order valence-corrected chi connectivity index (χ0v) is 15.9. The molecule has 9 nitrogen and oxygen atoms in total. The van der Waals surface area contributed by atoms with Crippen molar-refractivity contribution in [3.8, 4) is 11.5 Å². The lowest BCUT2D eigenvalue weighted by molar-refractivity contribution is -0.121. The maximum atomic E-state index is 12.7. The molecule has 10 heteroatoms. The molecule has 0 aliphatic carbocycles. The van der Waals surface area contributed by atoms with Crippen molar-refractivity contribution in [2.24, 2.45) is 0 Å². The number of carboxylic acid groups (broad SMARTS) is 1. The van der Waals surface area contributed by atoms with E-state index in [1.807, 2.05) is 0 Å². The fraction of sp³-hybridized carbons (Fsp3) is 0.158. The molecule has 0 spiro atoms. The van der Waals surface area contributed by atoms with E-state index in [9.17, 15) is 29.4 Å². The number of imide groups is 1. The molecule has 1 heterocycles. The number of thioether (sulfide) groups is 1. The van der Waals surface area contributed by atoms with Crippen LogP contribution in [0.25, 0.3) is 0 Å². The monoisotopic (exact) mass is 416 g/mol. The number of carboxylic acids is 1. The van der Waals surface area contributed by atoms with Crippen LogP contribution in [-0.4, -0.2) is 45.6 Å². The first-order chi connectivity index (χ1) is 13.8.